The predicted octanol–water partition coefficient (Wildman–Crippen LogP) is 1.91. The molecular formula is C18H27ClN4O5S. The quantitative estimate of drug-likeness (QED) is 0.399. The fraction of sp³-hybridized carbons (Fsp3) is 0.444. The van der Waals surface area contributed by atoms with Crippen LogP contribution in [-0.4, -0.2) is 53.5 Å². The molecule has 29 heavy (non-hydrogen) atoms. The van der Waals surface area contributed by atoms with Crippen molar-refractivity contribution < 1.29 is 23.2 Å². The lowest BCUT2D eigenvalue weighted by Crippen LogP contribution is -2.51. The lowest BCUT2D eigenvalue weighted by atomic mass is 10.1. The normalized spacial score (nSPS) is 12.5. The summed E-state index contributed by atoms with van der Waals surface area (Å²) in [4.78, 5) is 19.5. The van der Waals surface area contributed by atoms with E-state index in [-0.39, 0.29) is 36.2 Å². The molecule has 0 bridgehead atoms. The average Bonchev–Trinajstić information content (AvgIpc) is 3.08. The van der Waals surface area contributed by atoms with Crippen molar-refractivity contribution in [2.24, 2.45) is 5.92 Å². The number of aromatic nitrogens is 2. The lowest BCUT2D eigenvalue weighted by molar-refractivity contribution is -0.133. The van der Waals surface area contributed by atoms with Gasteiger partial charge in [-0.1, -0.05) is 13.8 Å². The van der Waals surface area contributed by atoms with Crippen LogP contribution in [0.15, 0.2) is 35.4 Å². The second-order valence-electron chi connectivity index (χ2n) is 6.83. The highest BCUT2D eigenvalue weighted by molar-refractivity contribution is 7.89. The molecule has 1 unspecified atom stereocenters. The first kappa shape index (κ1) is 24.9. The van der Waals surface area contributed by atoms with Crippen LogP contribution >= 0.6 is 12.4 Å². The van der Waals surface area contributed by atoms with Crippen molar-refractivity contribution in [3.63, 3.8) is 0 Å². The summed E-state index contributed by atoms with van der Waals surface area (Å²) in [6.45, 7) is 5.56. The summed E-state index contributed by atoms with van der Waals surface area (Å²) in [5, 5.41) is 9.21. The minimum absolute atomic E-state index is 0. The third kappa shape index (κ3) is 6.17. The Hall–Kier alpha value is -2.14. The molecule has 9 nitrogen and oxygen atoms in total. The van der Waals surface area contributed by atoms with Gasteiger partial charge < -0.3 is 9.72 Å². The van der Waals surface area contributed by atoms with Gasteiger partial charge in [0, 0.05) is 24.9 Å². The SMILES string of the molecule is COc1ccc(S(=O)(=O)N(CC(C)C)C(Cc2cnc(C)[nH]2)C(=O)NO)cc1.Cl. The van der Waals surface area contributed by atoms with E-state index in [1.54, 1.807) is 30.7 Å². The molecule has 1 atom stereocenters. The zero-order valence-electron chi connectivity index (χ0n) is 16.7. The van der Waals surface area contributed by atoms with E-state index in [1.165, 1.54) is 19.2 Å². The smallest absolute Gasteiger partial charge is 0.262 e. The van der Waals surface area contributed by atoms with Gasteiger partial charge in [0.1, 0.15) is 17.6 Å². The van der Waals surface area contributed by atoms with E-state index >= 15 is 0 Å². The van der Waals surface area contributed by atoms with Crippen LogP contribution in [0.1, 0.15) is 25.4 Å². The van der Waals surface area contributed by atoms with Crippen molar-refractivity contribution in [1.82, 2.24) is 19.8 Å². The van der Waals surface area contributed by atoms with E-state index < -0.39 is 22.0 Å². The van der Waals surface area contributed by atoms with Crippen LogP contribution in [-0.2, 0) is 21.2 Å². The predicted molar refractivity (Wildman–Crippen MR) is 110 cm³/mol. The van der Waals surface area contributed by atoms with Crippen LogP contribution < -0.4 is 10.2 Å². The van der Waals surface area contributed by atoms with Crippen LogP contribution in [0.25, 0.3) is 0 Å². The van der Waals surface area contributed by atoms with E-state index in [0.29, 0.717) is 17.3 Å². The Morgan fingerprint density at radius 2 is 1.93 bits per heavy atom. The van der Waals surface area contributed by atoms with Crippen LogP contribution in [0, 0.1) is 12.8 Å². The zero-order chi connectivity index (χ0) is 20.9. The van der Waals surface area contributed by atoms with Crippen molar-refractivity contribution in [2.45, 2.75) is 38.1 Å². The summed E-state index contributed by atoms with van der Waals surface area (Å²) in [6.07, 6.45) is 1.58. The number of benzene rings is 1. The standard InChI is InChI=1S/C18H26N4O5S.ClH/c1-12(2)11-22(28(25,26)16-7-5-15(27-4)6-8-16)17(18(23)21-24)9-14-10-19-13(3)20-14;/h5-8,10,12,17,24H,9,11H2,1-4H3,(H,19,20)(H,21,23);1H. The first-order valence-electron chi connectivity index (χ1n) is 8.79. The summed E-state index contributed by atoms with van der Waals surface area (Å²) in [7, 11) is -2.53. The van der Waals surface area contributed by atoms with Crippen LogP contribution in [0.3, 0.4) is 0 Å². The fourth-order valence-electron chi connectivity index (χ4n) is 2.82. The van der Waals surface area contributed by atoms with Gasteiger partial charge in [-0.15, -0.1) is 12.4 Å². The Morgan fingerprint density at radius 3 is 2.38 bits per heavy atom. The van der Waals surface area contributed by atoms with Crippen molar-refractivity contribution in [2.75, 3.05) is 13.7 Å². The molecule has 2 rings (SSSR count). The molecule has 0 aliphatic rings. The number of halogens is 1. The molecule has 0 fully saturated rings. The lowest BCUT2D eigenvalue weighted by Gasteiger charge is -2.30. The average molecular weight is 447 g/mol. The van der Waals surface area contributed by atoms with Crippen molar-refractivity contribution >= 4 is 28.3 Å². The molecule has 2 aromatic rings. The number of nitrogens with one attached hydrogen (secondary N) is 2. The Balaban J connectivity index is 0.00000420. The highest BCUT2D eigenvalue weighted by Crippen LogP contribution is 2.24. The number of sulfonamides is 1. The van der Waals surface area contributed by atoms with E-state index in [9.17, 15) is 18.4 Å². The number of H-pyrrole nitrogens is 1. The maximum atomic E-state index is 13.3. The van der Waals surface area contributed by atoms with Gasteiger partial charge in [-0.25, -0.2) is 18.9 Å². The zero-order valence-corrected chi connectivity index (χ0v) is 18.4. The molecule has 162 valence electrons. The van der Waals surface area contributed by atoms with E-state index in [2.05, 4.69) is 9.97 Å². The van der Waals surface area contributed by atoms with Gasteiger partial charge in [0.25, 0.3) is 5.91 Å². The first-order chi connectivity index (χ1) is 13.2. The Morgan fingerprint density at radius 1 is 1.31 bits per heavy atom. The molecule has 0 saturated carbocycles. The van der Waals surface area contributed by atoms with Crippen LogP contribution in [0.5, 0.6) is 5.75 Å². The summed E-state index contributed by atoms with van der Waals surface area (Å²) >= 11 is 0. The molecule has 1 heterocycles. The molecular weight excluding hydrogens is 420 g/mol. The highest BCUT2D eigenvalue weighted by Gasteiger charge is 2.36. The van der Waals surface area contributed by atoms with E-state index in [0.717, 1.165) is 4.31 Å². The van der Waals surface area contributed by atoms with Gasteiger partial charge in [0.2, 0.25) is 10.0 Å². The number of hydrogen-bond donors (Lipinski definition) is 3. The van der Waals surface area contributed by atoms with Gasteiger partial charge in [-0.05, 0) is 37.1 Å². The number of hydroxylamine groups is 1. The number of ether oxygens (including phenoxy) is 1. The summed E-state index contributed by atoms with van der Waals surface area (Å²) in [5.41, 5.74) is 2.18. The molecule has 1 amide bonds. The monoisotopic (exact) mass is 446 g/mol. The van der Waals surface area contributed by atoms with Crippen molar-refractivity contribution in [3.8, 4) is 5.75 Å². The van der Waals surface area contributed by atoms with Crippen molar-refractivity contribution in [3.05, 3.63) is 42.0 Å². The van der Waals surface area contributed by atoms with Gasteiger partial charge in [0.05, 0.1) is 12.0 Å². The van der Waals surface area contributed by atoms with Gasteiger partial charge in [-0.2, -0.15) is 4.31 Å². The number of aryl methyl sites for hydroxylation is 1. The number of methoxy groups -OCH3 is 1. The second-order valence-corrected chi connectivity index (χ2v) is 8.72. The molecule has 0 spiro atoms. The molecule has 1 aromatic heterocycles. The molecule has 0 saturated heterocycles. The highest BCUT2D eigenvalue weighted by atomic mass is 35.5. The van der Waals surface area contributed by atoms with E-state index in [4.69, 9.17) is 4.74 Å². The van der Waals surface area contributed by atoms with E-state index in [1.807, 2.05) is 13.8 Å². The molecule has 0 aliphatic heterocycles. The van der Waals surface area contributed by atoms with Crippen LogP contribution in [0.2, 0.25) is 0 Å². The molecule has 0 radical (unpaired) electrons. The Bertz CT molecular complexity index is 899. The first-order valence-corrected chi connectivity index (χ1v) is 10.2. The number of carbonyl (C=O) groups excluding carboxylic acids is 1. The Kier molecular flexibility index (Phi) is 9.09. The number of aromatic amines is 1. The summed E-state index contributed by atoms with van der Waals surface area (Å²) in [5.74, 6) is 0.300. The largest absolute Gasteiger partial charge is 0.497 e. The van der Waals surface area contributed by atoms with Gasteiger partial charge in [0.15, 0.2) is 0 Å². The van der Waals surface area contributed by atoms with Gasteiger partial charge >= 0.3 is 0 Å². The topological polar surface area (TPSA) is 125 Å². The molecule has 3 N–H and O–H groups in total. The molecule has 11 heteroatoms. The van der Waals surface area contributed by atoms with Crippen LogP contribution in [0.4, 0.5) is 0 Å². The number of hydrogen-bond acceptors (Lipinski definition) is 6. The van der Waals surface area contributed by atoms with Crippen molar-refractivity contribution in [1.29, 1.82) is 0 Å². The third-order valence-electron chi connectivity index (χ3n) is 4.14. The molecule has 1 aromatic carbocycles. The van der Waals surface area contributed by atoms with Gasteiger partial charge in [-0.3, -0.25) is 10.0 Å². The maximum Gasteiger partial charge on any atom is 0.262 e. The number of amides is 1. The molecule has 0 aliphatic carbocycles. The summed E-state index contributed by atoms with van der Waals surface area (Å²) in [6, 6.07) is 4.78. The number of nitrogens with zero attached hydrogens (tertiary/aromatic N) is 2. The number of carbonyl (C=O) groups is 1. The fourth-order valence-corrected chi connectivity index (χ4v) is 4.57. The number of imidazole rings is 1. The second kappa shape index (κ2) is 10.6. The minimum atomic E-state index is -4.02. The third-order valence-corrected chi connectivity index (χ3v) is 6.03. The number of rotatable bonds is 9. The maximum absolute atomic E-state index is 13.3. The summed E-state index contributed by atoms with van der Waals surface area (Å²) < 4.78 is 32.8. The Labute approximate surface area is 176 Å². The minimum Gasteiger partial charge on any atom is -0.497 e.